The molecule has 1 aliphatic rings. The molecule has 0 bridgehead atoms. The van der Waals surface area contributed by atoms with Gasteiger partial charge in [0.15, 0.2) is 0 Å². The molecule has 1 amide bonds. The molecular weight excluding hydrogens is 298 g/mol. The second-order valence-corrected chi connectivity index (χ2v) is 7.69. The molecule has 122 valence electrons. The Bertz CT molecular complexity index is 499. The normalized spacial score (nSPS) is 19.1. The third-order valence-corrected chi connectivity index (χ3v) is 4.52. The number of aromatic nitrogens is 2. The maximum Gasteiger partial charge on any atom is 0.410 e. The smallest absolute Gasteiger partial charge is 0.410 e. The lowest BCUT2D eigenvalue weighted by molar-refractivity contribution is 0.0126. The third kappa shape index (κ3) is 5.16. The fourth-order valence-electron chi connectivity index (χ4n) is 2.38. The van der Waals surface area contributed by atoms with Gasteiger partial charge in [0, 0.05) is 18.3 Å². The molecule has 0 spiro atoms. The quantitative estimate of drug-likeness (QED) is 0.794. The SMILES string of the molecule is Cc1ccc(SCC2CCCCN2C(=O)OC(C)(C)C)nn1. The van der Waals surface area contributed by atoms with Crippen LogP contribution in [0.15, 0.2) is 17.2 Å². The Morgan fingerprint density at radius 1 is 1.36 bits per heavy atom. The summed E-state index contributed by atoms with van der Waals surface area (Å²) < 4.78 is 5.52. The highest BCUT2D eigenvalue weighted by molar-refractivity contribution is 7.99. The van der Waals surface area contributed by atoms with Gasteiger partial charge in [-0.05, 0) is 59.1 Å². The van der Waals surface area contributed by atoms with E-state index in [1.54, 1.807) is 11.8 Å². The Labute approximate surface area is 136 Å². The summed E-state index contributed by atoms with van der Waals surface area (Å²) in [6.07, 6.45) is 3.02. The van der Waals surface area contributed by atoms with E-state index in [2.05, 4.69) is 10.2 Å². The van der Waals surface area contributed by atoms with Gasteiger partial charge in [-0.3, -0.25) is 0 Å². The fraction of sp³-hybridized carbons (Fsp3) is 0.688. The molecule has 1 aliphatic heterocycles. The number of piperidine rings is 1. The highest BCUT2D eigenvalue weighted by Crippen LogP contribution is 2.25. The van der Waals surface area contributed by atoms with Crippen LogP contribution < -0.4 is 0 Å². The van der Waals surface area contributed by atoms with Crippen LogP contribution in [0.4, 0.5) is 4.79 Å². The van der Waals surface area contributed by atoms with E-state index in [1.807, 2.05) is 44.7 Å². The van der Waals surface area contributed by atoms with Crippen molar-refractivity contribution in [2.75, 3.05) is 12.3 Å². The zero-order chi connectivity index (χ0) is 16.2. The fourth-order valence-corrected chi connectivity index (χ4v) is 3.35. The molecule has 0 saturated carbocycles. The van der Waals surface area contributed by atoms with E-state index in [4.69, 9.17) is 4.74 Å². The van der Waals surface area contributed by atoms with Crippen LogP contribution in [-0.4, -0.2) is 45.1 Å². The van der Waals surface area contributed by atoms with Crippen LogP contribution in [0.1, 0.15) is 45.7 Å². The summed E-state index contributed by atoms with van der Waals surface area (Å²) in [7, 11) is 0. The van der Waals surface area contributed by atoms with Crippen molar-refractivity contribution in [3.05, 3.63) is 17.8 Å². The van der Waals surface area contributed by atoms with Crippen molar-refractivity contribution in [2.24, 2.45) is 0 Å². The predicted molar refractivity (Wildman–Crippen MR) is 88.1 cm³/mol. The maximum atomic E-state index is 12.3. The van der Waals surface area contributed by atoms with Crippen molar-refractivity contribution in [1.29, 1.82) is 0 Å². The molecule has 6 heteroatoms. The molecule has 1 saturated heterocycles. The zero-order valence-corrected chi connectivity index (χ0v) is 14.7. The molecule has 2 heterocycles. The van der Waals surface area contributed by atoms with E-state index < -0.39 is 5.60 Å². The summed E-state index contributed by atoms with van der Waals surface area (Å²) in [4.78, 5) is 14.2. The molecule has 5 nitrogen and oxygen atoms in total. The summed E-state index contributed by atoms with van der Waals surface area (Å²) in [6.45, 7) is 8.41. The number of ether oxygens (including phenoxy) is 1. The van der Waals surface area contributed by atoms with Crippen molar-refractivity contribution >= 4 is 17.9 Å². The van der Waals surface area contributed by atoms with Crippen molar-refractivity contribution in [3.63, 3.8) is 0 Å². The number of likely N-dealkylation sites (tertiary alicyclic amines) is 1. The van der Waals surface area contributed by atoms with Crippen LogP contribution in [-0.2, 0) is 4.74 Å². The first-order valence-electron chi connectivity index (χ1n) is 7.78. The van der Waals surface area contributed by atoms with Gasteiger partial charge in [-0.25, -0.2) is 4.79 Å². The lowest BCUT2D eigenvalue weighted by Gasteiger charge is -2.36. The summed E-state index contributed by atoms with van der Waals surface area (Å²) in [5.74, 6) is 0.830. The summed E-state index contributed by atoms with van der Waals surface area (Å²) in [5, 5.41) is 9.14. The van der Waals surface area contributed by atoms with E-state index in [9.17, 15) is 4.79 Å². The minimum Gasteiger partial charge on any atom is -0.444 e. The first kappa shape index (κ1) is 17.1. The summed E-state index contributed by atoms with van der Waals surface area (Å²) in [6, 6.07) is 4.15. The summed E-state index contributed by atoms with van der Waals surface area (Å²) >= 11 is 1.65. The van der Waals surface area contributed by atoms with Crippen LogP contribution >= 0.6 is 11.8 Å². The molecule has 1 unspecified atom stereocenters. The Kier molecular flexibility index (Phi) is 5.67. The van der Waals surface area contributed by atoms with Gasteiger partial charge in [-0.1, -0.05) is 0 Å². The number of hydrogen-bond acceptors (Lipinski definition) is 5. The minimum atomic E-state index is -0.450. The number of amides is 1. The Morgan fingerprint density at radius 3 is 2.77 bits per heavy atom. The van der Waals surface area contributed by atoms with E-state index >= 15 is 0 Å². The van der Waals surface area contributed by atoms with Crippen molar-refractivity contribution in [2.45, 2.75) is 63.6 Å². The van der Waals surface area contributed by atoms with Gasteiger partial charge < -0.3 is 9.64 Å². The second-order valence-electron chi connectivity index (χ2n) is 6.65. The summed E-state index contributed by atoms with van der Waals surface area (Å²) in [5.41, 5.74) is 0.465. The molecule has 1 atom stereocenters. The number of nitrogens with zero attached hydrogens (tertiary/aromatic N) is 3. The van der Waals surface area contributed by atoms with Crippen molar-refractivity contribution in [1.82, 2.24) is 15.1 Å². The average molecular weight is 323 g/mol. The number of carbonyl (C=O) groups is 1. The van der Waals surface area contributed by atoms with Gasteiger partial charge >= 0.3 is 6.09 Å². The van der Waals surface area contributed by atoms with E-state index in [-0.39, 0.29) is 12.1 Å². The number of aryl methyl sites for hydroxylation is 1. The van der Waals surface area contributed by atoms with Crippen LogP contribution in [0.5, 0.6) is 0 Å². The number of rotatable bonds is 3. The Hall–Kier alpha value is -1.30. The molecule has 2 rings (SSSR count). The first-order valence-corrected chi connectivity index (χ1v) is 8.76. The molecular formula is C16H25N3O2S. The maximum absolute atomic E-state index is 12.3. The van der Waals surface area contributed by atoms with Gasteiger partial charge in [-0.15, -0.1) is 16.9 Å². The van der Waals surface area contributed by atoms with Gasteiger partial charge in [-0.2, -0.15) is 5.10 Å². The highest BCUT2D eigenvalue weighted by Gasteiger charge is 2.30. The van der Waals surface area contributed by atoms with Gasteiger partial charge in [0.05, 0.1) is 5.69 Å². The first-order chi connectivity index (χ1) is 10.3. The van der Waals surface area contributed by atoms with Gasteiger partial charge in [0.25, 0.3) is 0 Å². The Balaban J connectivity index is 1.94. The van der Waals surface area contributed by atoms with Crippen molar-refractivity contribution in [3.8, 4) is 0 Å². The zero-order valence-electron chi connectivity index (χ0n) is 13.8. The molecule has 0 radical (unpaired) electrons. The molecule has 1 fully saturated rings. The number of carbonyl (C=O) groups excluding carboxylic acids is 1. The largest absolute Gasteiger partial charge is 0.444 e. The number of hydrogen-bond donors (Lipinski definition) is 0. The third-order valence-electron chi connectivity index (χ3n) is 3.45. The topological polar surface area (TPSA) is 55.3 Å². The minimum absolute atomic E-state index is 0.201. The number of thioether (sulfide) groups is 1. The lowest BCUT2D eigenvalue weighted by atomic mass is 10.0. The Morgan fingerprint density at radius 2 is 2.14 bits per heavy atom. The van der Waals surface area contributed by atoms with Crippen molar-refractivity contribution < 1.29 is 9.53 Å². The molecule has 0 aromatic carbocycles. The van der Waals surface area contributed by atoms with E-state index in [1.165, 1.54) is 0 Å². The van der Waals surface area contributed by atoms with Crippen LogP contribution in [0.2, 0.25) is 0 Å². The molecule has 22 heavy (non-hydrogen) atoms. The van der Waals surface area contributed by atoms with Gasteiger partial charge in [0.2, 0.25) is 0 Å². The second kappa shape index (κ2) is 7.31. The van der Waals surface area contributed by atoms with Crippen LogP contribution in [0.25, 0.3) is 0 Å². The standard InChI is InChI=1S/C16H25N3O2S/c1-12-8-9-14(18-17-12)22-11-13-7-5-6-10-19(13)15(20)21-16(2,3)4/h8-9,13H,5-7,10-11H2,1-4H3. The van der Waals surface area contributed by atoms with Crippen LogP contribution in [0, 0.1) is 6.92 Å². The molecule has 1 aromatic heterocycles. The monoisotopic (exact) mass is 323 g/mol. The highest BCUT2D eigenvalue weighted by atomic mass is 32.2. The van der Waals surface area contributed by atoms with Gasteiger partial charge in [0.1, 0.15) is 10.6 Å². The molecule has 0 N–H and O–H groups in total. The lowest BCUT2D eigenvalue weighted by Crippen LogP contribution is -2.47. The van der Waals surface area contributed by atoms with E-state index in [0.29, 0.717) is 0 Å². The molecule has 1 aromatic rings. The predicted octanol–water partition coefficient (Wildman–Crippen LogP) is 3.67. The average Bonchev–Trinajstić information content (AvgIpc) is 2.45. The van der Waals surface area contributed by atoms with E-state index in [0.717, 1.165) is 42.3 Å². The molecule has 0 aliphatic carbocycles. The van der Waals surface area contributed by atoms with Crippen LogP contribution in [0.3, 0.4) is 0 Å².